The van der Waals surface area contributed by atoms with E-state index in [2.05, 4.69) is 15.9 Å². The highest BCUT2D eigenvalue weighted by Gasteiger charge is 2.07. The summed E-state index contributed by atoms with van der Waals surface area (Å²) in [6.07, 6.45) is 0. The van der Waals surface area contributed by atoms with Crippen molar-refractivity contribution in [2.24, 2.45) is 0 Å². The molecule has 2 rings (SSSR count). The Kier molecular flexibility index (Phi) is 5.02. The Morgan fingerprint density at radius 2 is 2.05 bits per heavy atom. The molecule has 2 aromatic carbocycles. The fourth-order valence-electron chi connectivity index (χ4n) is 1.60. The van der Waals surface area contributed by atoms with Crippen molar-refractivity contribution in [2.75, 3.05) is 12.8 Å². The lowest BCUT2D eigenvalue weighted by Gasteiger charge is -2.09. The van der Waals surface area contributed by atoms with E-state index in [1.165, 1.54) is 0 Å². The largest absolute Gasteiger partial charge is 0.496 e. The van der Waals surface area contributed by atoms with Gasteiger partial charge in [0.1, 0.15) is 5.75 Å². The highest BCUT2D eigenvalue weighted by Crippen LogP contribution is 2.34. The minimum absolute atomic E-state index is 0.697. The van der Waals surface area contributed by atoms with Gasteiger partial charge in [-0.1, -0.05) is 33.6 Å². The number of hydrogen-bond acceptors (Lipinski definition) is 3. The number of halogens is 2. The van der Waals surface area contributed by atoms with Crippen LogP contribution in [0.1, 0.15) is 5.56 Å². The topological polar surface area (TPSA) is 35.2 Å². The molecule has 0 fully saturated rings. The van der Waals surface area contributed by atoms with Crippen LogP contribution >= 0.6 is 39.3 Å². The lowest BCUT2D eigenvalue weighted by molar-refractivity contribution is 0.405. The molecule has 0 aliphatic rings. The lowest BCUT2D eigenvalue weighted by atomic mass is 10.2. The van der Waals surface area contributed by atoms with Crippen molar-refractivity contribution in [1.29, 1.82) is 0 Å². The van der Waals surface area contributed by atoms with Gasteiger partial charge in [0.05, 0.1) is 7.11 Å². The van der Waals surface area contributed by atoms with E-state index >= 15 is 0 Å². The summed E-state index contributed by atoms with van der Waals surface area (Å²) in [5.41, 5.74) is 7.52. The van der Waals surface area contributed by atoms with Crippen LogP contribution in [0.25, 0.3) is 0 Å². The Labute approximate surface area is 130 Å². The molecule has 2 nitrogen and oxygen atoms in total. The van der Waals surface area contributed by atoms with E-state index in [9.17, 15) is 0 Å². The fourth-order valence-corrected chi connectivity index (χ4v) is 3.43. The van der Waals surface area contributed by atoms with Gasteiger partial charge >= 0.3 is 0 Å². The predicted molar refractivity (Wildman–Crippen MR) is 86.1 cm³/mol. The first-order valence-corrected chi connectivity index (χ1v) is 7.76. The van der Waals surface area contributed by atoms with Gasteiger partial charge in [0.25, 0.3) is 0 Å². The van der Waals surface area contributed by atoms with Gasteiger partial charge in [-0.05, 0) is 29.8 Å². The zero-order chi connectivity index (χ0) is 13.8. The van der Waals surface area contributed by atoms with E-state index in [0.717, 1.165) is 31.5 Å². The zero-order valence-corrected chi connectivity index (χ0v) is 13.5. The molecule has 2 N–H and O–H groups in total. The molecule has 0 radical (unpaired) electrons. The van der Waals surface area contributed by atoms with Crippen molar-refractivity contribution < 1.29 is 4.74 Å². The molecule has 2 aromatic rings. The van der Waals surface area contributed by atoms with Gasteiger partial charge in [0.2, 0.25) is 0 Å². The van der Waals surface area contributed by atoms with E-state index in [1.54, 1.807) is 18.9 Å². The highest BCUT2D eigenvalue weighted by molar-refractivity contribution is 9.10. The molecule has 0 amide bonds. The molecule has 0 aliphatic heterocycles. The number of nitrogen functional groups attached to an aromatic ring is 1. The van der Waals surface area contributed by atoms with Crippen LogP contribution in [-0.2, 0) is 5.75 Å². The zero-order valence-electron chi connectivity index (χ0n) is 10.3. The molecular formula is C14H13BrClNOS. The third-order valence-electron chi connectivity index (χ3n) is 2.59. The van der Waals surface area contributed by atoms with E-state index in [0.29, 0.717) is 5.69 Å². The smallest absolute Gasteiger partial charge is 0.134 e. The van der Waals surface area contributed by atoms with Gasteiger partial charge in [0.15, 0.2) is 0 Å². The highest BCUT2D eigenvalue weighted by atomic mass is 79.9. The number of methoxy groups -OCH3 is 1. The molecule has 19 heavy (non-hydrogen) atoms. The molecule has 0 bridgehead atoms. The number of thioether (sulfide) groups is 1. The maximum Gasteiger partial charge on any atom is 0.134 e. The van der Waals surface area contributed by atoms with Crippen molar-refractivity contribution in [1.82, 2.24) is 0 Å². The lowest BCUT2D eigenvalue weighted by Crippen LogP contribution is -1.91. The van der Waals surface area contributed by atoms with Crippen LogP contribution in [0.4, 0.5) is 5.69 Å². The van der Waals surface area contributed by atoms with Crippen LogP contribution in [0, 0.1) is 0 Å². The second-order valence-corrected chi connectivity index (χ2v) is 6.27. The van der Waals surface area contributed by atoms with Crippen molar-refractivity contribution in [3.63, 3.8) is 0 Å². The number of ether oxygens (including phenoxy) is 1. The molecule has 0 spiro atoms. The second kappa shape index (κ2) is 6.55. The fraction of sp³-hybridized carbons (Fsp3) is 0.143. The number of rotatable bonds is 4. The third-order valence-corrected chi connectivity index (χ3v) is 4.53. The summed E-state index contributed by atoms with van der Waals surface area (Å²) in [7, 11) is 1.64. The van der Waals surface area contributed by atoms with Crippen molar-refractivity contribution in [3.05, 3.63) is 51.5 Å². The molecule has 0 aromatic heterocycles. The monoisotopic (exact) mass is 357 g/mol. The third kappa shape index (κ3) is 3.81. The quantitative estimate of drug-likeness (QED) is 0.618. The van der Waals surface area contributed by atoms with E-state index < -0.39 is 0 Å². The van der Waals surface area contributed by atoms with Crippen LogP contribution in [-0.4, -0.2) is 7.11 Å². The number of nitrogens with two attached hydrogens (primary N) is 1. The normalized spacial score (nSPS) is 10.5. The summed E-state index contributed by atoms with van der Waals surface area (Å²) in [4.78, 5) is 1.05. The van der Waals surface area contributed by atoms with Crippen LogP contribution < -0.4 is 10.5 Å². The summed E-state index contributed by atoms with van der Waals surface area (Å²) < 4.78 is 6.31. The first-order valence-electron chi connectivity index (χ1n) is 5.60. The van der Waals surface area contributed by atoms with E-state index in [-0.39, 0.29) is 0 Å². The molecule has 0 aliphatic carbocycles. The molecule has 0 heterocycles. The Balaban J connectivity index is 2.14. The first kappa shape index (κ1) is 14.6. The van der Waals surface area contributed by atoms with Gasteiger partial charge in [-0.2, -0.15) is 0 Å². The second-order valence-electron chi connectivity index (χ2n) is 3.93. The average molecular weight is 359 g/mol. The van der Waals surface area contributed by atoms with Crippen LogP contribution in [0.15, 0.2) is 45.8 Å². The van der Waals surface area contributed by atoms with Crippen LogP contribution in [0.2, 0.25) is 5.02 Å². The summed E-state index contributed by atoms with van der Waals surface area (Å²) in [5.74, 6) is 1.57. The summed E-state index contributed by atoms with van der Waals surface area (Å²) in [6.45, 7) is 0. The standard InChI is InChI=1S/C14H13BrClNOS/c1-18-13-7-11(17)4-5-14(13)19-8-9-2-3-10(15)6-12(9)16/h2-7H,8,17H2,1H3. The van der Waals surface area contributed by atoms with E-state index in [4.69, 9.17) is 22.1 Å². The van der Waals surface area contributed by atoms with Gasteiger partial charge in [-0.15, -0.1) is 11.8 Å². The van der Waals surface area contributed by atoms with Crippen molar-refractivity contribution in [3.8, 4) is 5.75 Å². The summed E-state index contributed by atoms with van der Waals surface area (Å²) in [6, 6.07) is 11.6. The Morgan fingerprint density at radius 1 is 1.26 bits per heavy atom. The maximum atomic E-state index is 6.20. The minimum atomic E-state index is 0.697. The molecule has 0 saturated heterocycles. The van der Waals surface area contributed by atoms with Gasteiger partial charge in [-0.25, -0.2) is 0 Å². The average Bonchev–Trinajstić information content (AvgIpc) is 2.39. The Morgan fingerprint density at radius 3 is 2.74 bits per heavy atom. The predicted octanol–water partition coefficient (Wildman–Crippen LogP) is 4.99. The molecule has 0 unspecified atom stereocenters. The van der Waals surface area contributed by atoms with Gasteiger partial charge in [-0.3, -0.25) is 0 Å². The Bertz CT molecular complexity index is 592. The molecule has 0 atom stereocenters. The summed E-state index contributed by atoms with van der Waals surface area (Å²) >= 11 is 11.3. The SMILES string of the molecule is COc1cc(N)ccc1SCc1ccc(Br)cc1Cl. The van der Waals surface area contributed by atoms with Crippen molar-refractivity contribution >= 4 is 45.0 Å². The molecule has 0 saturated carbocycles. The van der Waals surface area contributed by atoms with Crippen molar-refractivity contribution in [2.45, 2.75) is 10.6 Å². The maximum absolute atomic E-state index is 6.20. The number of anilines is 1. The molecule has 100 valence electrons. The summed E-state index contributed by atoms with van der Waals surface area (Å²) in [5, 5.41) is 0.760. The number of hydrogen-bond donors (Lipinski definition) is 1. The van der Waals surface area contributed by atoms with Crippen LogP contribution in [0.3, 0.4) is 0 Å². The Hall–Kier alpha value is -0.840. The van der Waals surface area contributed by atoms with E-state index in [1.807, 2.05) is 36.4 Å². The minimum Gasteiger partial charge on any atom is -0.496 e. The molecule has 5 heteroatoms. The molecular weight excluding hydrogens is 346 g/mol. The van der Waals surface area contributed by atoms with Gasteiger partial charge < -0.3 is 10.5 Å². The van der Waals surface area contributed by atoms with Crippen LogP contribution in [0.5, 0.6) is 5.75 Å². The first-order chi connectivity index (χ1) is 9.10. The van der Waals surface area contributed by atoms with Gasteiger partial charge in [0, 0.05) is 31.9 Å². The number of benzene rings is 2.